The first-order chi connectivity index (χ1) is 14.5. The molecule has 0 bridgehead atoms. The smallest absolute Gasteiger partial charge is 0.271 e. The molecule has 0 fully saturated rings. The lowest BCUT2D eigenvalue weighted by molar-refractivity contribution is 0.0932. The van der Waals surface area contributed by atoms with Crippen molar-refractivity contribution in [3.8, 4) is 11.3 Å². The summed E-state index contributed by atoms with van der Waals surface area (Å²) in [5.41, 5.74) is 8.06. The molecular formula is C22H18ClN5O2. The highest BCUT2D eigenvalue weighted by molar-refractivity contribution is 6.31. The van der Waals surface area contributed by atoms with Gasteiger partial charge in [-0.2, -0.15) is 0 Å². The van der Waals surface area contributed by atoms with Gasteiger partial charge in [-0.25, -0.2) is 9.97 Å². The number of amides is 2. The van der Waals surface area contributed by atoms with Gasteiger partial charge in [0.25, 0.3) is 11.8 Å². The van der Waals surface area contributed by atoms with Crippen LogP contribution in [-0.2, 0) is 0 Å². The van der Waals surface area contributed by atoms with Crippen molar-refractivity contribution in [1.29, 1.82) is 0 Å². The Morgan fingerprint density at radius 1 is 1.10 bits per heavy atom. The molecule has 0 saturated heterocycles. The van der Waals surface area contributed by atoms with Gasteiger partial charge in [-0.15, -0.1) is 0 Å². The Bertz CT molecular complexity index is 1250. The standard InChI is InChI=1S/C22H18ClN5O2/c1-13(15-9-5-6-10-16(15)23)26-22(30)18-11-17(14-7-3-2-4-8-14)27-21-19(20(24)29)25-12-28(18)21/h2-13H,1H3,(H2,24,29)(H,26,30). The van der Waals surface area contributed by atoms with E-state index in [4.69, 9.17) is 17.3 Å². The predicted octanol–water partition coefficient (Wildman–Crippen LogP) is 3.64. The van der Waals surface area contributed by atoms with Crippen molar-refractivity contribution in [2.45, 2.75) is 13.0 Å². The molecule has 1 unspecified atom stereocenters. The number of carbonyl (C=O) groups is 2. The van der Waals surface area contributed by atoms with Crippen molar-refractivity contribution in [2.24, 2.45) is 5.73 Å². The second-order valence-corrected chi connectivity index (χ2v) is 7.17. The molecule has 0 saturated carbocycles. The normalized spacial score (nSPS) is 11.9. The number of benzene rings is 2. The van der Waals surface area contributed by atoms with Gasteiger partial charge in [0.15, 0.2) is 11.3 Å². The first-order valence-electron chi connectivity index (χ1n) is 9.24. The molecule has 4 rings (SSSR count). The third kappa shape index (κ3) is 3.62. The summed E-state index contributed by atoms with van der Waals surface area (Å²) in [7, 11) is 0. The summed E-state index contributed by atoms with van der Waals surface area (Å²) in [5.74, 6) is -1.08. The second-order valence-electron chi connectivity index (χ2n) is 6.76. The van der Waals surface area contributed by atoms with Crippen LogP contribution >= 0.6 is 11.6 Å². The molecule has 2 aromatic heterocycles. The van der Waals surface area contributed by atoms with Crippen molar-refractivity contribution in [3.05, 3.63) is 89.0 Å². The number of fused-ring (bicyclic) bond motifs is 1. The Hall–Kier alpha value is -3.71. The quantitative estimate of drug-likeness (QED) is 0.515. The fourth-order valence-electron chi connectivity index (χ4n) is 3.25. The number of halogens is 1. The van der Waals surface area contributed by atoms with Crippen LogP contribution in [0.1, 0.15) is 39.5 Å². The topological polar surface area (TPSA) is 102 Å². The van der Waals surface area contributed by atoms with Crippen molar-refractivity contribution < 1.29 is 9.59 Å². The van der Waals surface area contributed by atoms with Crippen LogP contribution in [-0.4, -0.2) is 26.2 Å². The van der Waals surface area contributed by atoms with Crippen molar-refractivity contribution in [3.63, 3.8) is 0 Å². The highest BCUT2D eigenvalue weighted by atomic mass is 35.5. The summed E-state index contributed by atoms with van der Waals surface area (Å²) in [6, 6.07) is 18.0. The zero-order valence-electron chi connectivity index (χ0n) is 16.0. The molecule has 30 heavy (non-hydrogen) atoms. The molecule has 0 spiro atoms. The number of primary amides is 1. The van der Waals surface area contributed by atoms with E-state index in [1.165, 1.54) is 10.7 Å². The second kappa shape index (κ2) is 7.96. The minimum absolute atomic E-state index is 0.000911. The predicted molar refractivity (Wildman–Crippen MR) is 114 cm³/mol. The van der Waals surface area contributed by atoms with E-state index < -0.39 is 5.91 Å². The summed E-state index contributed by atoms with van der Waals surface area (Å²) < 4.78 is 1.46. The Morgan fingerprint density at radius 2 is 1.80 bits per heavy atom. The molecule has 3 N–H and O–H groups in total. The molecule has 0 aliphatic rings. The number of nitrogens with one attached hydrogen (secondary N) is 1. The van der Waals surface area contributed by atoms with E-state index in [-0.39, 0.29) is 29.0 Å². The third-order valence-electron chi connectivity index (χ3n) is 4.76. The summed E-state index contributed by atoms with van der Waals surface area (Å²) in [4.78, 5) is 33.5. The van der Waals surface area contributed by atoms with Crippen LogP contribution in [0.15, 0.2) is 67.0 Å². The summed E-state index contributed by atoms with van der Waals surface area (Å²) in [6.45, 7) is 1.85. The van der Waals surface area contributed by atoms with Gasteiger partial charge < -0.3 is 11.1 Å². The highest BCUT2D eigenvalue weighted by Crippen LogP contribution is 2.24. The Labute approximate surface area is 177 Å². The van der Waals surface area contributed by atoms with Crippen molar-refractivity contribution in [2.75, 3.05) is 0 Å². The van der Waals surface area contributed by atoms with Crippen LogP contribution in [0.25, 0.3) is 16.9 Å². The number of nitrogens with two attached hydrogens (primary N) is 1. The third-order valence-corrected chi connectivity index (χ3v) is 5.10. The van der Waals surface area contributed by atoms with E-state index >= 15 is 0 Å². The van der Waals surface area contributed by atoms with Gasteiger partial charge in [-0.05, 0) is 24.6 Å². The Morgan fingerprint density at radius 3 is 2.50 bits per heavy atom. The summed E-state index contributed by atoms with van der Waals surface area (Å²) >= 11 is 6.26. The SMILES string of the molecule is CC(NC(=O)c1cc(-c2ccccc2)nc2c(C(N)=O)ncn12)c1ccccc1Cl. The van der Waals surface area contributed by atoms with Crippen LogP contribution in [0.4, 0.5) is 0 Å². The number of hydrogen-bond acceptors (Lipinski definition) is 4. The average Bonchev–Trinajstić information content (AvgIpc) is 3.18. The highest BCUT2D eigenvalue weighted by Gasteiger charge is 2.21. The van der Waals surface area contributed by atoms with Crippen LogP contribution < -0.4 is 11.1 Å². The first-order valence-corrected chi connectivity index (χ1v) is 9.62. The van der Waals surface area contributed by atoms with Gasteiger partial charge in [0.2, 0.25) is 0 Å². The molecule has 0 aliphatic carbocycles. The largest absolute Gasteiger partial charge is 0.364 e. The lowest BCUT2D eigenvalue weighted by Crippen LogP contribution is -2.28. The summed E-state index contributed by atoms with van der Waals surface area (Å²) in [5, 5.41) is 3.51. The maximum absolute atomic E-state index is 13.2. The van der Waals surface area contributed by atoms with Gasteiger partial charge in [0, 0.05) is 10.6 Å². The minimum Gasteiger partial charge on any atom is -0.364 e. The molecule has 1 atom stereocenters. The van der Waals surface area contributed by atoms with E-state index in [2.05, 4.69) is 15.3 Å². The fraction of sp³-hybridized carbons (Fsp3) is 0.0909. The Kier molecular flexibility index (Phi) is 5.20. The van der Waals surface area contributed by atoms with Gasteiger partial charge in [-0.3, -0.25) is 14.0 Å². The molecule has 0 aliphatic heterocycles. The van der Waals surface area contributed by atoms with E-state index in [0.29, 0.717) is 10.7 Å². The van der Waals surface area contributed by atoms with Gasteiger partial charge in [0.05, 0.1) is 11.7 Å². The molecule has 2 aromatic carbocycles. The number of aromatic nitrogens is 3. The first kappa shape index (κ1) is 19.6. The van der Waals surface area contributed by atoms with Crippen LogP contribution in [0, 0.1) is 0 Å². The van der Waals surface area contributed by atoms with E-state index in [1.807, 2.05) is 55.5 Å². The number of rotatable bonds is 5. The minimum atomic E-state index is -0.717. The Balaban J connectivity index is 1.80. The maximum Gasteiger partial charge on any atom is 0.271 e. The lowest BCUT2D eigenvalue weighted by Gasteiger charge is -2.17. The summed E-state index contributed by atoms with van der Waals surface area (Å²) in [6.07, 6.45) is 1.37. The molecule has 0 radical (unpaired) electrons. The van der Waals surface area contributed by atoms with Gasteiger partial charge >= 0.3 is 0 Å². The van der Waals surface area contributed by atoms with Gasteiger partial charge in [-0.1, -0.05) is 60.1 Å². The molecule has 7 nitrogen and oxygen atoms in total. The average molecular weight is 420 g/mol. The number of nitrogens with zero attached hydrogens (tertiary/aromatic N) is 3. The van der Waals surface area contributed by atoms with E-state index in [1.54, 1.807) is 12.1 Å². The molecule has 4 aromatic rings. The molecule has 2 heterocycles. The van der Waals surface area contributed by atoms with Gasteiger partial charge in [0.1, 0.15) is 12.0 Å². The molecular weight excluding hydrogens is 402 g/mol. The van der Waals surface area contributed by atoms with Crippen molar-refractivity contribution in [1.82, 2.24) is 19.7 Å². The monoisotopic (exact) mass is 419 g/mol. The van der Waals surface area contributed by atoms with Crippen LogP contribution in [0.2, 0.25) is 5.02 Å². The van der Waals surface area contributed by atoms with Crippen LogP contribution in [0.3, 0.4) is 0 Å². The zero-order chi connectivity index (χ0) is 21.3. The number of carbonyl (C=O) groups excluding carboxylic acids is 2. The van der Waals surface area contributed by atoms with E-state index in [9.17, 15) is 9.59 Å². The maximum atomic E-state index is 13.2. The zero-order valence-corrected chi connectivity index (χ0v) is 16.8. The van der Waals surface area contributed by atoms with Crippen LogP contribution in [0.5, 0.6) is 0 Å². The molecule has 8 heteroatoms. The van der Waals surface area contributed by atoms with E-state index in [0.717, 1.165) is 11.1 Å². The fourth-order valence-corrected chi connectivity index (χ4v) is 3.55. The molecule has 2 amide bonds. The molecule has 150 valence electrons. The number of hydrogen-bond donors (Lipinski definition) is 2. The number of imidazole rings is 1. The van der Waals surface area contributed by atoms with Crippen molar-refractivity contribution >= 4 is 29.1 Å². The lowest BCUT2D eigenvalue weighted by atomic mass is 10.1.